The maximum Gasteiger partial charge on any atom is 0.338 e. The third-order valence-electron chi connectivity index (χ3n) is 2.07. The molecule has 5 heteroatoms. The summed E-state index contributed by atoms with van der Waals surface area (Å²) >= 11 is 0. The second-order valence-electron chi connectivity index (χ2n) is 3.40. The van der Waals surface area contributed by atoms with Crippen molar-refractivity contribution in [2.24, 2.45) is 0 Å². The van der Waals surface area contributed by atoms with Crippen LogP contribution in [0.4, 0.5) is 0 Å². The Labute approximate surface area is 93.7 Å². The molecule has 0 aromatic carbocycles. The zero-order valence-corrected chi connectivity index (χ0v) is 9.25. The molecule has 2 atom stereocenters. The van der Waals surface area contributed by atoms with Crippen LogP contribution < -0.4 is 0 Å². The topological polar surface area (TPSA) is 79.7 Å². The van der Waals surface area contributed by atoms with E-state index < -0.39 is 18.2 Å². The summed E-state index contributed by atoms with van der Waals surface area (Å²) < 4.78 is 4.60. The number of pyridine rings is 1. The van der Waals surface area contributed by atoms with Crippen molar-refractivity contribution in [1.82, 2.24) is 4.98 Å². The fourth-order valence-electron chi connectivity index (χ4n) is 1.24. The smallest absolute Gasteiger partial charge is 0.338 e. The van der Waals surface area contributed by atoms with Crippen molar-refractivity contribution in [3.05, 3.63) is 29.6 Å². The lowest BCUT2D eigenvalue weighted by atomic mass is 10.1. The van der Waals surface area contributed by atoms with Crippen LogP contribution >= 0.6 is 0 Å². The molecule has 16 heavy (non-hydrogen) atoms. The van der Waals surface area contributed by atoms with E-state index in [-0.39, 0.29) is 12.3 Å². The minimum atomic E-state index is -1.60. The highest BCUT2D eigenvalue weighted by molar-refractivity contribution is 5.75. The quantitative estimate of drug-likeness (QED) is 0.723. The number of esters is 1. The highest BCUT2D eigenvalue weighted by Gasteiger charge is 2.27. The molecule has 0 saturated carbocycles. The first-order chi connectivity index (χ1) is 7.56. The van der Waals surface area contributed by atoms with Gasteiger partial charge in [0.1, 0.15) is 6.10 Å². The van der Waals surface area contributed by atoms with E-state index in [4.69, 9.17) is 0 Å². The van der Waals surface area contributed by atoms with Crippen LogP contribution in [-0.4, -0.2) is 33.9 Å². The Hall–Kier alpha value is -1.46. The molecule has 0 aliphatic heterocycles. The van der Waals surface area contributed by atoms with Crippen LogP contribution in [0.3, 0.4) is 0 Å². The Balaban J connectivity index is 2.77. The number of rotatable bonds is 4. The number of aryl methyl sites for hydroxylation is 1. The molecule has 5 nitrogen and oxygen atoms in total. The summed E-state index contributed by atoms with van der Waals surface area (Å²) in [6.07, 6.45) is -1.46. The summed E-state index contributed by atoms with van der Waals surface area (Å²) in [5.74, 6) is -0.849. The predicted octanol–water partition coefficient (Wildman–Crippen LogP) is 0.347. The Morgan fingerprint density at radius 2 is 2.25 bits per heavy atom. The van der Waals surface area contributed by atoms with E-state index in [0.717, 1.165) is 5.56 Å². The van der Waals surface area contributed by atoms with E-state index in [1.54, 1.807) is 19.1 Å². The molecule has 1 rings (SSSR count). The summed E-state index contributed by atoms with van der Waals surface area (Å²) in [5, 5.41) is 19.2. The second-order valence-corrected chi connectivity index (χ2v) is 3.40. The molecular weight excluding hydrogens is 210 g/mol. The van der Waals surface area contributed by atoms with Gasteiger partial charge >= 0.3 is 5.97 Å². The fourth-order valence-corrected chi connectivity index (χ4v) is 1.24. The number of carbonyl (C=O) groups excluding carboxylic acids is 1. The molecule has 0 fully saturated rings. The number of carbonyl (C=O) groups is 1. The number of aliphatic hydroxyl groups excluding tert-OH is 2. The number of hydrogen-bond acceptors (Lipinski definition) is 5. The molecule has 0 bridgehead atoms. The Kier molecular flexibility index (Phi) is 4.39. The Morgan fingerprint density at radius 1 is 1.56 bits per heavy atom. The molecule has 1 aromatic rings. The third-order valence-corrected chi connectivity index (χ3v) is 2.07. The van der Waals surface area contributed by atoms with Crippen LogP contribution in [0.2, 0.25) is 0 Å². The molecular formula is C11H15NO4. The van der Waals surface area contributed by atoms with E-state index in [2.05, 4.69) is 9.72 Å². The normalized spacial score (nSPS) is 14.2. The maximum absolute atomic E-state index is 11.2. The van der Waals surface area contributed by atoms with Crippen molar-refractivity contribution >= 4 is 5.97 Å². The molecule has 1 heterocycles. The van der Waals surface area contributed by atoms with Crippen LogP contribution in [0.15, 0.2) is 18.3 Å². The zero-order chi connectivity index (χ0) is 12.1. The van der Waals surface area contributed by atoms with Gasteiger partial charge in [-0.1, -0.05) is 0 Å². The molecule has 0 spiro atoms. The van der Waals surface area contributed by atoms with Gasteiger partial charge in [-0.3, -0.25) is 4.98 Å². The molecule has 0 amide bonds. The lowest BCUT2D eigenvalue weighted by molar-refractivity contribution is -0.159. The molecule has 1 aromatic heterocycles. The zero-order valence-electron chi connectivity index (χ0n) is 9.25. The third kappa shape index (κ3) is 3.01. The van der Waals surface area contributed by atoms with E-state index in [1.165, 1.54) is 6.20 Å². The van der Waals surface area contributed by atoms with Gasteiger partial charge < -0.3 is 14.9 Å². The van der Waals surface area contributed by atoms with Crippen molar-refractivity contribution in [3.8, 4) is 0 Å². The average molecular weight is 225 g/mol. The first-order valence-corrected chi connectivity index (χ1v) is 5.01. The van der Waals surface area contributed by atoms with Crippen molar-refractivity contribution < 1.29 is 19.7 Å². The van der Waals surface area contributed by atoms with Crippen molar-refractivity contribution in [3.63, 3.8) is 0 Å². The lowest BCUT2D eigenvalue weighted by Gasteiger charge is -2.15. The van der Waals surface area contributed by atoms with E-state index >= 15 is 0 Å². The van der Waals surface area contributed by atoms with Gasteiger partial charge in [0, 0.05) is 6.20 Å². The second kappa shape index (κ2) is 5.58. The van der Waals surface area contributed by atoms with Crippen LogP contribution in [0.25, 0.3) is 0 Å². The van der Waals surface area contributed by atoms with Gasteiger partial charge in [0.25, 0.3) is 0 Å². The van der Waals surface area contributed by atoms with Gasteiger partial charge in [0.15, 0.2) is 6.10 Å². The molecule has 0 saturated heterocycles. The van der Waals surface area contributed by atoms with E-state index in [1.807, 2.05) is 6.92 Å². The van der Waals surface area contributed by atoms with Gasteiger partial charge in [-0.05, 0) is 31.5 Å². The first-order valence-electron chi connectivity index (χ1n) is 5.01. The van der Waals surface area contributed by atoms with Crippen molar-refractivity contribution in [2.45, 2.75) is 26.1 Å². The molecule has 0 aliphatic rings. The van der Waals surface area contributed by atoms with Gasteiger partial charge in [-0.25, -0.2) is 4.79 Å². The summed E-state index contributed by atoms with van der Waals surface area (Å²) in [4.78, 5) is 15.1. The minimum absolute atomic E-state index is 0.157. The molecule has 0 radical (unpaired) electrons. The predicted molar refractivity (Wildman–Crippen MR) is 56.6 cm³/mol. The number of nitrogens with zero attached hydrogens (tertiary/aromatic N) is 1. The molecule has 0 aliphatic carbocycles. The van der Waals surface area contributed by atoms with Crippen LogP contribution in [0.1, 0.15) is 24.3 Å². The van der Waals surface area contributed by atoms with Crippen LogP contribution in [0.5, 0.6) is 0 Å². The van der Waals surface area contributed by atoms with E-state index in [0.29, 0.717) is 0 Å². The van der Waals surface area contributed by atoms with Crippen molar-refractivity contribution in [2.75, 3.05) is 6.61 Å². The monoisotopic (exact) mass is 225 g/mol. The highest BCUT2D eigenvalue weighted by atomic mass is 16.5. The highest BCUT2D eigenvalue weighted by Crippen LogP contribution is 2.16. The fraction of sp³-hybridized carbons (Fsp3) is 0.455. The van der Waals surface area contributed by atoms with Crippen LogP contribution in [0, 0.1) is 6.92 Å². The summed E-state index contributed by atoms with van der Waals surface area (Å²) in [6, 6.07) is 3.36. The van der Waals surface area contributed by atoms with E-state index in [9.17, 15) is 15.0 Å². The Bertz CT molecular complexity index is 367. The average Bonchev–Trinajstić information content (AvgIpc) is 2.27. The van der Waals surface area contributed by atoms with Gasteiger partial charge in [-0.15, -0.1) is 0 Å². The molecule has 2 unspecified atom stereocenters. The maximum atomic E-state index is 11.2. The van der Waals surface area contributed by atoms with Gasteiger partial charge in [0.2, 0.25) is 0 Å². The first kappa shape index (κ1) is 12.6. The minimum Gasteiger partial charge on any atom is -0.464 e. The number of aromatic nitrogens is 1. The summed E-state index contributed by atoms with van der Waals surface area (Å²) in [6.45, 7) is 3.61. The molecule has 2 N–H and O–H groups in total. The van der Waals surface area contributed by atoms with Gasteiger partial charge in [0.05, 0.1) is 12.3 Å². The number of ether oxygens (including phenoxy) is 1. The SMILES string of the molecule is CCOC(=O)C(O)C(O)c1cc(C)ccn1. The lowest BCUT2D eigenvalue weighted by Crippen LogP contribution is -2.30. The van der Waals surface area contributed by atoms with Crippen molar-refractivity contribution in [1.29, 1.82) is 0 Å². The molecule has 88 valence electrons. The standard InChI is InChI=1S/C11H15NO4/c1-3-16-11(15)10(14)9(13)8-6-7(2)4-5-12-8/h4-6,9-10,13-14H,3H2,1-2H3. The Morgan fingerprint density at radius 3 is 2.81 bits per heavy atom. The number of aliphatic hydroxyl groups is 2. The summed E-state index contributed by atoms with van der Waals surface area (Å²) in [5.41, 5.74) is 1.14. The largest absolute Gasteiger partial charge is 0.464 e. The van der Waals surface area contributed by atoms with Crippen LogP contribution in [-0.2, 0) is 9.53 Å². The summed E-state index contributed by atoms with van der Waals surface area (Å²) in [7, 11) is 0. The van der Waals surface area contributed by atoms with Gasteiger partial charge in [-0.2, -0.15) is 0 Å². The number of hydrogen-bond donors (Lipinski definition) is 2.